The van der Waals surface area contributed by atoms with Crippen LogP contribution in [0.25, 0.3) is 0 Å². The van der Waals surface area contributed by atoms with Gasteiger partial charge in [0.05, 0.1) is 11.5 Å². The minimum Gasteiger partial charge on any atom is -0.474 e. The van der Waals surface area contributed by atoms with Crippen molar-refractivity contribution in [3.05, 3.63) is 83.6 Å². The van der Waals surface area contributed by atoms with Crippen LogP contribution in [-0.4, -0.2) is 39.6 Å². The van der Waals surface area contributed by atoms with Crippen molar-refractivity contribution in [3.8, 4) is 5.88 Å². The number of nitrogens with zero attached hydrogens (tertiary/aromatic N) is 1. The van der Waals surface area contributed by atoms with Gasteiger partial charge in [0.1, 0.15) is 12.3 Å². The molecule has 8 nitrogen and oxygen atoms in total. The van der Waals surface area contributed by atoms with Crippen LogP contribution >= 0.6 is 0 Å². The molecule has 0 aliphatic rings. The Bertz CT molecular complexity index is 1170. The Kier molecular flexibility index (Phi) is 7.93. The lowest BCUT2D eigenvalue weighted by Crippen LogP contribution is -2.24. The Hall–Kier alpha value is -3.27. The Labute approximate surface area is 187 Å². The zero-order valence-corrected chi connectivity index (χ0v) is 18.7. The number of pyridine rings is 1. The van der Waals surface area contributed by atoms with Crippen LogP contribution in [-0.2, 0) is 21.3 Å². The first-order valence-corrected chi connectivity index (χ1v) is 11.4. The number of aryl methyl sites for hydroxylation is 1. The van der Waals surface area contributed by atoms with Gasteiger partial charge in [-0.3, -0.25) is 4.79 Å². The maximum Gasteiger partial charge on any atom is 0.255 e. The highest BCUT2D eigenvalue weighted by atomic mass is 32.2. The molecule has 0 fully saturated rings. The van der Waals surface area contributed by atoms with Crippen molar-refractivity contribution in [3.63, 3.8) is 0 Å². The number of hydrogen-bond donors (Lipinski definition) is 2. The van der Waals surface area contributed by atoms with Gasteiger partial charge in [0.2, 0.25) is 15.9 Å². The first kappa shape index (κ1) is 23.4. The molecule has 0 aliphatic carbocycles. The Morgan fingerprint density at radius 1 is 1.03 bits per heavy atom. The highest BCUT2D eigenvalue weighted by Crippen LogP contribution is 2.23. The van der Waals surface area contributed by atoms with E-state index >= 15 is 0 Å². The fourth-order valence-electron chi connectivity index (χ4n) is 2.90. The molecule has 0 saturated carbocycles. The molecule has 2 aromatic carbocycles. The van der Waals surface area contributed by atoms with Crippen molar-refractivity contribution in [2.24, 2.45) is 0 Å². The number of benzene rings is 2. The van der Waals surface area contributed by atoms with E-state index in [4.69, 9.17) is 9.47 Å². The van der Waals surface area contributed by atoms with Crippen molar-refractivity contribution in [1.82, 2.24) is 9.71 Å². The van der Waals surface area contributed by atoms with Crippen LogP contribution in [0.1, 0.15) is 21.5 Å². The van der Waals surface area contributed by atoms with Crippen molar-refractivity contribution in [2.75, 3.05) is 25.6 Å². The maximum atomic E-state index is 12.9. The Morgan fingerprint density at radius 2 is 1.81 bits per heavy atom. The largest absolute Gasteiger partial charge is 0.474 e. The summed E-state index contributed by atoms with van der Waals surface area (Å²) < 4.78 is 38.8. The van der Waals surface area contributed by atoms with Gasteiger partial charge in [-0.15, -0.1) is 0 Å². The van der Waals surface area contributed by atoms with E-state index in [1.807, 2.05) is 30.3 Å². The van der Waals surface area contributed by atoms with E-state index in [9.17, 15) is 13.2 Å². The molecule has 1 heterocycles. The average molecular weight is 456 g/mol. The normalized spacial score (nSPS) is 11.2. The van der Waals surface area contributed by atoms with E-state index in [1.54, 1.807) is 44.5 Å². The highest BCUT2D eigenvalue weighted by molar-refractivity contribution is 7.89. The molecule has 0 bridgehead atoms. The summed E-state index contributed by atoms with van der Waals surface area (Å²) >= 11 is 0. The lowest BCUT2D eigenvalue weighted by Gasteiger charge is -2.13. The Balaban J connectivity index is 1.77. The van der Waals surface area contributed by atoms with Gasteiger partial charge in [-0.05, 0) is 42.3 Å². The van der Waals surface area contributed by atoms with Crippen molar-refractivity contribution < 1.29 is 22.7 Å². The molecule has 0 spiro atoms. The van der Waals surface area contributed by atoms with Gasteiger partial charge in [0.15, 0.2) is 0 Å². The zero-order chi connectivity index (χ0) is 23.0. The number of amides is 1. The summed E-state index contributed by atoms with van der Waals surface area (Å²) in [5.41, 5.74) is 1.94. The number of ether oxygens (including phenoxy) is 2. The predicted molar refractivity (Wildman–Crippen MR) is 121 cm³/mol. The summed E-state index contributed by atoms with van der Waals surface area (Å²) in [6, 6.07) is 17.1. The molecule has 9 heteroatoms. The second kappa shape index (κ2) is 10.9. The molecular weight excluding hydrogens is 430 g/mol. The van der Waals surface area contributed by atoms with Gasteiger partial charge >= 0.3 is 0 Å². The summed E-state index contributed by atoms with van der Waals surface area (Å²) in [4.78, 5) is 17.0. The SMILES string of the molecule is COCCOc1ncccc1NC(=O)c1ccc(C)c(S(=O)(=O)NCc2ccccc2)c1. The fraction of sp³-hybridized carbons (Fsp3) is 0.217. The summed E-state index contributed by atoms with van der Waals surface area (Å²) in [7, 11) is -2.26. The van der Waals surface area contributed by atoms with Crippen LogP contribution in [0.15, 0.2) is 71.8 Å². The maximum absolute atomic E-state index is 12.9. The van der Waals surface area contributed by atoms with E-state index in [-0.39, 0.29) is 29.5 Å². The van der Waals surface area contributed by atoms with Crippen LogP contribution in [0.2, 0.25) is 0 Å². The van der Waals surface area contributed by atoms with Gasteiger partial charge in [-0.2, -0.15) is 0 Å². The minimum absolute atomic E-state index is 0.0452. The number of anilines is 1. The molecule has 168 valence electrons. The molecule has 0 unspecified atom stereocenters. The molecule has 32 heavy (non-hydrogen) atoms. The van der Waals surface area contributed by atoms with E-state index < -0.39 is 15.9 Å². The molecule has 0 saturated heterocycles. The van der Waals surface area contributed by atoms with Crippen molar-refractivity contribution in [2.45, 2.75) is 18.4 Å². The van der Waals surface area contributed by atoms with Gasteiger partial charge in [0.25, 0.3) is 5.91 Å². The first-order chi connectivity index (χ1) is 15.4. The second-order valence-corrected chi connectivity index (χ2v) is 8.68. The van der Waals surface area contributed by atoms with E-state index in [0.29, 0.717) is 17.9 Å². The number of rotatable bonds is 10. The number of carbonyl (C=O) groups is 1. The topological polar surface area (TPSA) is 107 Å². The van der Waals surface area contributed by atoms with Crippen molar-refractivity contribution >= 4 is 21.6 Å². The molecule has 0 atom stereocenters. The lowest BCUT2D eigenvalue weighted by molar-refractivity contribution is 0.102. The van der Waals surface area contributed by atoms with Crippen LogP contribution in [0.4, 0.5) is 5.69 Å². The van der Waals surface area contributed by atoms with Crippen LogP contribution in [0, 0.1) is 6.92 Å². The number of hydrogen-bond acceptors (Lipinski definition) is 6. The van der Waals surface area contributed by atoms with Gasteiger partial charge in [-0.1, -0.05) is 36.4 Å². The van der Waals surface area contributed by atoms with Crippen LogP contribution in [0.5, 0.6) is 5.88 Å². The molecule has 3 rings (SSSR count). The third kappa shape index (κ3) is 6.13. The third-order valence-electron chi connectivity index (χ3n) is 4.59. The molecule has 0 aliphatic heterocycles. The fourth-order valence-corrected chi connectivity index (χ4v) is 4.19. The van der Waals surface area contributed by atoms with Crippen LogP contribution in [0.3, 0.4) is 0 Å². The molecule has 3 aromatic rings. The Morgan fingerprint density at radius 3 is 2.56 bits per heavy atom. The average Bonchev–Trinajstić information content (AvgIpc) is 2.80. The molecule has 2 N–H and O–H groups in total. The molecular formula is C23H25N3O5S. The smallest absolute Gasteiger partial charge is 0.255 e. The molecule has 1 amide bonds. The van der Waals surface area contributed by atoms with Gasteiger partial charge < -0.3 is 14.8 Å². The molecule has 0 radical (unpaired) electrons. The molecule has 1 aromatic heterocycles. The van der Waals surface area contributed by atoms with Crippen LogP contribution < -0.4 is 14.8 Å². The van der Waals surface area contributed by atoms with Gasteiger partial charge in [-0.25, -0.2) is 18.1 Å². The van der Waals surface area contributed by atoms with E-state index in [2.05, 4.69) is 15.0 Å². The highest BCUT2D eigenvalue weighted by Gasteiger charge is 2.20. The predicted octanol–water partition coefficient (Wildman–Crippen LogP) is 3.15. The monoisotopic (exact) mass is 455 g/mol. The number of aromatic nitrogens is 1. The quantitative estimate of drug-likeness (QED) is 0.455. The van der Waals surface area contributed by atoms with Gasteiger partial charge in [0, 0.05) is 25.4 Å². The summed E-state index contributed by atoms with van der Waals surface area (Å²) in [6.07, 6.45) is 1.55. The number of nitrogens with one attached hydrogen (secondary N) is 2. The van der Waals surface area contributed by atoms with Crippen molar-refractivity contribution in [1.29, 1.82) is 0 Å². The third-order valence-corrected chi connectivity index (χ3v) is 6.14. The van der Waals surface area contributed by atoms with E-state index in [1.165, 1.54) is 6.07 Å². The lowest BCUT2D eigenvalue weighted by atomic mass is 10.1. The van der Waals surface area contributed by atoms with E-state index in [0.717, 1.165) is 5.56 Å². The number of methoxy groups -OCH3 is 1. The zero-order valence-electron chi connectivity index (χ0n) is 17.9. The first-order valence-electron chi connectivity index (χ1n) is 9.93. The number of sulfonamides is 1. The minimum atomic E-state index is -3.82. The summed E-state index contributed by atoms with van der Waals surface area (Å²) in [6.45, 7) is 2.48. The standard InChI is InChI=1S/C23H25N3O5S/c1-17-10-11-19(15-21(17)32(28,29)25-16-18-7-4-3-5-8-18)22(27)26-20-9-6-12-24-23(20)31-14-13-30-2/h3-12,15,25H,13-14,16H2,1-2H3,(H,26,27). The summed E-state index contributed by atoms with van der Waals surface area (Å²) in [5, 5.41) is 2.73. The second-order valence-electron chi connectivity index (χ2n) is 6.94. The number of carbonyl (C=O) groups excluding carboxylic acids is 1. The summed E-state index contributed by atoms with van der Waals surface area (Å²) in [5.74, 6) is -0.225.